The van der Waals surface area contributed by atoms with Crippen LogP contribution in [0.1, 0.15) is 50.5 Å². The Balaban J connectivity index is 1.68. The monoisotopic (exact) mass is 632 g/mol. The predicted octanol–water partition coefficient (Wildman–Crippen LogP) is 4.00. The maximum absolute atomic E-state index is 14.0. The molecule has 7 nitrogen and oxygen atoms in total. The highest BCUT2D eigenvalue weighted by atomic mass is 127. The lowest BCUT2D eigenvalue weighted by Gasteiger charge is -2.44. The van der Waals surface area contributed by atoms with Crippen LogP contribution < -0.4 is 10.1 Å². The highest BCUT2D eigenvalue weighted by molar-refractivity contribution is 14.1. The molecule has 0 spiro atoms. The van der Waals surface area contributed by atoms with Crippen LogP contribution in [0.5, 0.6) is 5.75 Å². The van der Waals surface area contributed by atoms with Crippen molar-refractivity contribution in [2.45, 2.75) is 75.7 Å². The summed E-state index contributed by atoms with van der Waals surface area (Å²) >= 11 is 2.18. The van der Waals surface area contributed by atoms with Gasteiger partial charge in [0, 0.05) is 24.6 Å². The van der Waals surface area contributed by atoms with Gasteiger partial charge >= 0.3 is 0 Å². The van der Waals surface area contributed by atoms with Crippen molar-refractivity contribution in [3.63, 3.8) is 0 Å². The predicted molar refractivity (Wildman–Crippen MR) is 155 cm³/mol. The number of halogens is 1. The van der Waals surface area contributed by atoms with E-state index in [1.807, 2.05) is 59.5 Å². The van der Waals surface area contributed by atoms with Gasteiger partial charge in [0.15, 0.2) is 0 Å². The number of carbonyl (C=O) groups is 2. The van der Waals surface area contributed by atoms with Gasteiger partial charge in [0.05, 0.1) is 22.6 Å². The quantitative estimate of drug-likeness (QED) is 0.287. The summed E-state index contributed by atoms with van der Waals surface area (Å²) in [5.41, 5.74) is 1.38. The molecule has 2 amide bonds. The fraction of sp³-hybridized carbons (Fsp3) is 0.467. The number of amides is 2. The van der Waals surface area contributed by atoms with Crippen molar-refractivity contribution in [3.8, 4) is 5.75 Å². The first-order valence-corrected chi connectivity index (χ1v) is 14.6. The molecule has 0 bridgehead atoms. The first kappa shape index (κ1) is 28.6. The van der Waals surface area contributed by atoms with E-state index < -0.39 is 18.2 Å². The number of ether oxygens (including phenoxy) is 1. The Bertz CT molecular complexity index is 1100. The van der Waals surface area contributed by atoms with Crippen LogP contribution in [0, 0.1) is 3.57 Å². The Labute approximate surface area is 238 Å². The minimum Gasteiger partial charge on any atom is -0.482 e. The molecule has 2 aliphatic rings. The molecule has 0 aromatic heterocycles. The van der Waals surface area contributed by atoms with Gasteiger partial charge in [-0.25, -0.2) is 0 Å². The summed E-state index contributed by atoms with van der Waals surface area (Å²) in [6.45, 7) is -0.0399. The Kier molecular flexibility index (Phi) is 10.6. The van der Waals surface area contributed by atoms with Crippen LogP contribution in [-0.4, -0.2) is 64.4 Å². The number of benzene rings is 2. The van der Waals surface area contributed by atoms with Crippen molar-refractivity contribution in [2.75, 3.05) is 13.2 Å². The number of nitrogens with one attached hydrogen (secondary N) is 1. The molecule has 0 radical (unpaired) electrons. The van der Waals surface area contributed by atoms with E-state index in [0.717, 1.165) is 47.7 Å². The summed E-state index contributed by atoms with van der Waals surface area (Å²) in [6, 6.07) is 16.6. The van der Waals surface area contributed by atoms with E-state index >= 15 is 0 Å². The van der Waals surface area contributed by atoms with E-state index in [9.17, 15) is 19.8 Å². The molecule has 2 aliphatic carbocycles. The van der Waals surface area contributed by atoms with Crippen LogP contribution in [0.15, 0.2) is 66.2 Å². The Hall–Kier alpha value is -2.43. The fourth-order valence-corrected chi connectivity index (χ4v) is 6.01. The van der Waals surface area contributed by atoms with Crippen LogP contribution in [0.2, 0.25) is 0 Å². The van der Waals surface area contributed by atoms with E-state index in [1.54, 1.807) is 6.08 Å². The van der Waals surface area contributed by atoms with Gasteiger partial charge in [0.2, 0.25) is 11.8 Å². The lowest BCUT2D eigenvalue weighted by molar-refractivity contribution is -0.142. The standard InChI is InChI=1S/C30H37IN2O5/c31-24-14-8-9-15-26(24)38-27-20-22(30(37)32-16-17-34)19-25(29(27)36)33(23-12-6-1-2-7-13-23)28(35)18-21-10-4-3-5-11-21/h3-5,8-11,14-15,20,23,25,27,29,34,36H,1-2,6-7,12-13,16-19H2,(H,32,37)/t25-,27+,29+/m1/s1. The summed E-state index contributed by atoms with van der Waals surface area (Å²) in [4.78, 5) is 28.9. The highest BCUT2D eigenvalue weighted by Crippen LogP contribution is 2.33. The number of carbonyl (C=O) groups excluding carboxylic acids is 2. The normalized spacial score (nSPS) is 22.2. The van der Waals surface area contributed by atoms with E-state index in [4.69, 9.17) is 4.74 Å². The van der Waals surface area contributed by atoms with E-state index in [1.165, 1.54) is 0 Å². The molecule has 0 heterocycles. The minimum absolute atomic E-state index is 0.00859. The second-order valence-electron chi connectivity index (χ2n) is 10.1. The molecule has 1 fully saturated rings. The summed E-state index contributed by atoms with van der Waals surface area (Å²) in [7, 11) is 0. The number of hydrogen-bond acceptors (Lipinski definition) is 5. The zero-order valence-electron chi connectivity index (χ0n) is 21.6. The third-order valence-corrected chi connectivity index (χ3v) is 8.27. The minimum atomic E-state index is -1.01. The molecular formula is C30H37IN2O5. The fourth-order valence-electron chi connectivity index (χ4n) is 5.49. The molecule has 2 aromatic carbocycles. The van der Waals surface area contributed by atoms with Crippen LogP contribution in [0.3, 0.4) is 0 Å². The molecule has 4 rings (SSSR count). The van der Waals surface area contributed by atoms with E-state index in [2.05, 4.69) is 27.9 Å². The zero-order chi connectivity index (χ0) is 26.9. The van der Waals surface area contributed by atoms with Gasteiger partial charge in [-0.3, -0.25) is 9.59 Å². The number of aliphatic hydroxyl groups is 2. The molecule has 8 heteroatoms. The van der Waals surface area contributed by atoms with Gasteiger partial charge in [0.1, 0.15) is 18.0 Å². The topological polar surface area (TPSA) is 99.1 Å². The van der Waals surface area contributed by atoms with Gasteiger partial charge in [-0.2, -0.15) is 0 Å². The molecule has 3 N–H and O–H groups in total. The molecule has 0 saturated heterocycles. The highest BCUT2D eigenvalue weighted by Gasteiger charge is 2.43. The number of aliphatic hydroxyl groups excluding tert-OH is 2. The summed E-state index contributed by atoms with van der Waals surface area (Å²) in [5.74, 6) is 0.252. The molecule has 38 heavy (non-hydrogen) atoms. The SMILES string of the molecule is O=C(NCCO)C1=C[C@H](Oc2ccccc2I)[C@@H](O)[C@H](N(C(=O)Cc2ccccc2)C2CCCCCC2)C1. The van der Waals surface area contributed by atoms with Gasteiger partial charge in [-0.1, -0.05) is 68.1 Å². The third kappa shape index (κ3) is 7.36. The van der Waals surface area contributed by atoms with Crippen LogP contribution in [0.4, 0.5) is 0 Å². The van der Waals surface area contributed by atoms with E-state index in [0.29, 0.717) is 11.3 Å². The van der Waals surface area contributed by atoms with Crippen molar-refractivity contribution >= 4 is 34.4 Å². The summed E-state index contributed by atoms with van der Waals surface area (Å²) in [5, 5.41) is 23.7. The number of rotatable bonds is 9. The molecule has 0 unspecified atom stereocenters. The van der Waals surface area contributed by atoms with Crippen LogP contribution >= 0.6 is 22.6 Å². The molecule has 204 valence electrons. The largest absolute Gasteiger partial charge is 0.482 e. The van der Waals surface area contributed by atoms with Gasteiger partial charge in [-0.05, 0) is 59.2 Å². The van der Waals surface area contributed by atoms with Gasteiger partial charge in [0.25, 0.3) is 0 Å². The average molecular weight is 633 g/mol. The van der Waals surface area contributed by atoms with Crippen molar-refractivity contribution < 1.29 is 24.5 Å². The van der Waals surface area contributed by atoms with Crippen molar-refractivity contribution in [3.05, 3.63) is 75.4 Å². The summed E-state index contributed by atoms with van der Waals surface area (Å²) in [6.07, 6.45) is 6.40. The Morgan fingerprint density at radius 1 is 1.00 bits per heavy atom. The Morgan fingerprint density at radius 2 is 1.68 bits per heavy atom. The summed E-state index contributed by atoms with van der Waals surface area (Å²) < 4.78 is 7.16. The second kappa shape index (κ2) is 14.1. The zero-order valence-corrected chi connectivity index (χ0v) is 23.8. The maximum atomic E-state index is 14.0. The van der Waals surface area contributed by atoms with E-state index in [-0.39, 0.29) is 43.8 Å². The third-order valence-electron chi connectivity index (χ3n) is 7.38. The first-order valence-electron chi connectivity index (χ1n) is 13.5. The molecule has 3 atom stereocenters. The van der Waals surface area contributed by atoms with Crippen LogP contribution in [-0.2, 0) is 16.0 Å². The first-order chi connectivity index (χ1) is 18.5. The van der Waals surface area contributed by atoms with Crippen molar-refractivity contribution in [1.29, 1.82) is 0 Å². The molecule has 0 aliphatic heterocycles. The van der Waals surface area contributed by atoms with Crippen molar-refractivity contribution in [1.82, 2.24) is 10.2 Å². The number of para-hydroxylation sites is 1. The van der Waals surface area contributed by atoms with Crippen molar-refractivity contribution in [2.24, 2.45) is 0 Å². The lowest BCUT2D eigenvalue weighted by atomic mass is 9.86. The van der Waals surface area contributed by atoms with Gasteiger partial charge < -0.3 is 25.2 Å². The molecule has 1 saturated carbocycles. The molecule has 2 aromatic rings. The average Bonchev–Trinajstić information content (AvgIpc) is 3.20. The smallest absolute Gasteiger partial charge is 0.247 e. The lowest BCUT2D eigenvalue weighted by Crippen LogP contribution is -2.58. The number of hydrogen-bond donors (Lipinski definition) is 3. The number of nitrogens with zero attached hydrogens (tertiary/aromatic N) is 1. The Morgan fingerprint density at radius 3 is 2.37 bits per heavy atom. The second-order valence-corrected chi connectivity index (χ2v) is 11.2. The molecular weight excluding hydrogens is 595 g/mol. The van der Waals surface area contributed by atoms with Crippen LogP contribution in [0.25, 0.3) is 0 Å². The maximum Gasteiger partial charge on any atom is 0.247 e. The van der Waals surface area contributed by atoms with Gasteiger partial charge in [-0.15, -0.1) is 0 Å².